The number of carboxylic acid groups (broad SMARTS) is 2. The van der Waals surface area contributed by atoms with Gasteiger partial charge in [-0.15, -0.1) is 0 Å². The van der Waals surface area contributed by atoms with Gasteiger partial charge in [-0.3, -0.25) is 24.9 Å². The summed E-state index contributed by atoms with van der Waals surface area (Å²) in [5.41, 5.74) is 3.22. The van der Waals surface area contributed by atoms with Gasteiger partial charge in [0.1, 0.15) is 0 Å². The molecule has 0 heterocycles. The summed E-state index contributed by atoms with van der Waals surface area (Å²) in [7, 11) is 0. The molecule has 4 fully saturated rings. The molecule has 12 nitrogen and oxygen atoms in total. The van der Waals surface area contributed by atoms with E-state index in [-0.39, 0.29) is 54.9 Å². The maximum absolute atomic E-state index is 13.1. The predicted molar refractivity (Wildman–Crippen MR) is 154 cm³/mol. The van der Waals surface area contributed by atoms with E-state index < -0.39 is 23.8 Å². The molecular weight excluding hydrogens is 560 g/mol. The molecule has 0 bridgehead atoms. The number of aliphatic carboxylic acids is 2. The van der Waals surface area contributed by atoms with Crippen molar-refractivity contribution in [1.82, 2.24) is 10.8 Å². The van der Waals surface area contributed by atoms with Gasteiger partial charge in [0.15, 0.2) is 0 Å². The molecule has 43 heavy (non-hydrogen) atoms. The van der Waals surface area contributed by atoms with Crippen LogP contribution in [0.25, 0.3) is 0 Å². The molecule has 0 saturated heterocycles. The fourth-order valence-electron chi connectivity index (χ4n) is 8.28. The third-order valence-electron chi connectivity index (χ3n) is 11.0. The minimum atomic E-state index is -0.927. The van der Waals surface area contributed by atoms with Crippen molar-refractivity contribution >= 4 is 17.8 Å². The van der Waals surface area contributed by atoms with Gasteiger partial charge in [0.2, 0.25) is 5.91 Å². The molecule has 6 atom stereocenters. The maximum Gasteiger partial charge on any atom is 0.307 e. The highest BCUT2D eigenvalue weighted by molar-refractivity contribution is 5.85. The molecule has 4 aliphatic carbocycles. The molecule has 0 spiro atoms. The summed E-state index contributed by atoms with van der Waals surface area (Å²) >= 11 is 0. The Labute approximate surface area is 254 Å². The third kappa shape index (κ3) is 10.1. The monoisotopic (exact) mass is 612 g/mol. The highest BCUT2D eigenvalue weighted by Gasteiger charge is 2.40. The van der Waals surface area contributed by atoms with Crippen molar-refractivity contribution in [2.24, 2.45) is 47.3 Å². The molecule has 0 aromatic heterocycles. The van der Waals surface area contributed by atoms with Gasteiger partial charge >= 0.3 is 11.9 Å². The van der Waals surface area contributed by atoms with Crippen LogP contribution in [0.4, 0.5) is 0 Å². The molecule has 12 heteroatoms. The molecule has 4 aliphatic rings. The smallest absolute Gasteiger partial charge is 0.307 e. The van der Waals surface area contributed by atoms with Crippen molar-refractivity contribution < 1.29 is 49.7 Å². The van der Waals surface area contributed by atoms with E-state index >= 15 is 0 Å². The predicted octanol–water partition coefficient (Wildman–Crippen LogP) is 4.34. The molecule has 246 valence electrons. The highest BCUT2D eigenvalue weighted by Crippen LogP contribution is 2.38. The average molecular weight is 613 g/mol. The van der Waals surface area contributed by atoms with Gasteiger partial charge in [0.05, 0.1) is 37.6 Å². The molecule has 4 saturated carbocycles. The molecule has 0 aromatic rings. The third-order valence-corrected chi connectivity index (χ3v) is 11.0. The lowest BCUT2D eigenvalue weighted by atomic mass is 9.73. The molecular formula is C31H52N2O10. The zero-order valence-corrected chi connectivity index (χ0v) is 25.2. The van der Waals surface area contributed by atoms with Crippen LogP contribution in [0.3, 0.4) is 0 Å². The van der Waals surface area contributed by atoms with Crippen LogP contribution >= 0.6 is 0 Å². The van der Waals surface area contributed by atoms with Crippen molar-refractivity contribution in [1.29, 1.82) is 0 Å². The van der Waals surface area contributed by atoms with Crippen LogP contribution in [-0.4, -0.2) is 70.5 Å². The van der Waals surface area contributed by atoms with Crippen molar-refractivity contribution in [2.75, 3.05) is 19.8 Å². The van der Waals surface area contributed by atoms with Crippen LogP contribution < -0.4 is 10.8 Å². The molecule has 0 aliphatic heterocycles. The number of hydrogen-bond acceptors (Lipinski definition) is 9. The number of amides is 1. The van der Waals surface area contributed by atoms with Gasteiger partial charge < -0.3 is 20.4 Å². The average Bonchev–Trinajstić information content (AvgIpc) is 3.00. The number of hydrogen-bond donors (Lipinski definition) is 6. The zero-order chi connectivity index (χ0) is 30.8. The van der Waals surface area contributed by atoms with E-state index in [1.54, 1.807) is 0 Å². The van der Waals surface area contributed by atoms with Gasteiger partial charge in [-0.25, -0.2) is 9.78 Å². The van der Waals surface area contributed by atoms with E-state index in [2.05, 4.69) is 20.6 Å². The lowest BCUT2D eigenvalue weighted by molar-refractivity contribution is -0.257. The fraction of sp³-hybridized carbons (Fsp3) is 0.903. The van der Waals surface area contributed by atoms with Crippen LogP contribution in [-0.2, 0) is 29.0 Å². The Kier molecular flexibility index (Phi) is 13.5. The lowest BCUT2D eigenvalue weighted by Crippen LogP contribution is -2.46. The Morgan fingerprint density at radius 2 is 1.23 bits per heavy atom. The van der Waals surface area contributed by atoms with E-state index in [4.69, 9.17) is 15.4 Å². The number of carboxylic acids is 2. The highest BCUT2D eigenvalue weighted by atomic mass is 17.1. The first-order chi connectivity index (χ1) is 20.8. The first-order valence-corrected chi connectivity index (χ1v) is 16.4. The Morgan fingerprint density at radius 3 is 1.84 bits per heavy atom. The number of carbonyl (C=O) groups is 3. The van der Waals surface area contributed by atoms with Crippen molar-refractivity contribution in [3.05, 3.63) is 0 Å². The summed E-state index contributed by atoms with van der Waals surface area (Å²) in [6, 6.07) is 0.370. The maximum atomic E-state index is 13.1. The van der Waals surface area contributed by atoms with Gasteiger partial charge in [0, 0.05) is 12.1 Å². The van der Waals surface area contributed by atoms with E-state index in [1.165, 1.54) is 6.42 Å². The first kappa shape index (κ1) is 34.1. The van der Waals surface area contributed by atoms with E-state index in [9.17, 15) is 24.6 Å². The normalized spacial score (nSPS) is 37.0. The second-order valence-corrected chi connectivity index (χ2v) is 13.8. The van der Waals surface area contributed by atoms with E-state index in [1.807, 2.05) is 0 Å². The quantitative estimate of drug-likeness (QED) is 0.121. The van der Waals surface area contributed by atoms with Crippen LogP contribution in [0, 0.1) is 47.3 Å². The lowest BCUT2D eigenvalue weighted by Gasteiger charge is -2.36. The molecule has 6 N–H and O–H groups in total. The van der Waals surface area contributed by atoms with Crippen molar-refractivity contribution in [3.8, 4) is 0 Å². The minimum Gasteiger partial charge on any atom is -0.481 e. The Morgan fingerprint density at radius 1 is 0.605 bits per heavy atom. The summed E-state index contributed by atoms with van der Waals surface area (Å²) in [5.74, 6) is -2.07. The number of nitrogens with one attached hydrogen (secondary N) is 2. The first-order valence-electron chi connectivity index (χ1n) is 16.4. The molecule has 6 unspecified atom stereocenters. The summed E-state index contributed by atoms with van der Waals surface area (Å²) in [5, 5.41) is 39.9. The topological polar surface area (TPSA) is 184 Å². The van der Waals surface area contributed by atoms with Crippen molar-refractivity contribution in [2.45, 2.75) is 108 Å². The van der Waals surface area contributed by atoms with Crippen LogP contribution in [0.15, 0.2) is 0 Å². The second-order valence-electron chi connectivity index (χ2n) is 13.8. The number of carbonyl (C=O) groups excluding carboxylic acids is 1. The second kappa shape index (κ2) is 17.0. The fourth-order valence-corrected chi connectivity index (χ4v) is 8.28. The number of rotatable bonds is 14. The largest absolute Gasteiger partial charge is 0.481 e. The summed E-state index contributed by atoms with van der Waals surface area (Å²) < 4.78 is 0. The van der Waals surface area contributed by atoms with Gasteiger partial charge in [0.25, 0.3) is 0 Å². The van der Waals surface area contributed by atoms with Gasteiger partial charge in [-0.1, -0.05) is 0 Å². The van der Waals surface area contributed by atoms with E-state index in [0.29, 0.717) is 57.0 Å². The summed E-state index contributed by atoms with van der Waals surface area (Å²) in [4.78, 5) is 50.8. The van der Waals surface area contributed by atoms with Crippen LogP contribution in [0.1, 0.15) is 96.3 Å². The molecule has 0 radical (unpaired) electrons. The van der Waals surface area contributed by atoms with E-state index in [0.717, 1.165) is 51.4 Å². The minimum absolute atomic E-state index is 0.00765. The number of hydroxylamine groups is 1. The van der Waals surface area contributed by atoms with Crippen LogP contribution in [0.5, 0.6) is 0 Å². The Bertz CT molecular complexity index is 890. The SMILES string of the molecule is O=C(O)C1CCC(COO)C(CONC2CCC(CC3CCC(NC(=O)C4CC(COO)CCC4C(=O)O)CC3)CC2)C1. The van der Waals surface area contributed by atoms with Crippen LogP contribution in [0.2, 0.25) is 0 Å². The standard InChI is InChI=1S/C31H52N2O10/c34-29(28-14-21(16-42-39)5-12-27(28)31(37)38)32-25-8-1-19(2-9-25)13-20-3-10-26(11-4-20)33-41-17-24-15-22(30(35)36)6-7-23(24)18-43-40/h19-28,33,39-40H,1-18H2,(H,32,34)(H,35,36)(H,37,38). The Hall–Kier alpha value is -1.83. The summed E-state index contributed by atoms with van der Waals surface area (Å²) in [6.45, 7) is 0.739. The molecule has 0 aromatic carbocycles. The van der Waals surface area contributed by atoms with Gasteiger partial charge in [-0.05, 0) is 126 Å². The summed E-state index contributed by atoms with van der Waals surface area (Å²) in [6.07, 6.45) is 12.8. The van der Waals surface area contributed by atoms with Gasteiger partial charge in [-0.2, -0.15) is 5.48 Å². The molecule has 1 amide bonds. The molecule has 4 rings (SSSR count). The van der Waals surface area contributed by atoms with Crippen molar-refractivity contribution in [3.63, 3.8) is 0 Å². The Balaban J connectivity index is 1.12. The zero-order valence-electron chi connectivity index (χ0n) is 25.2.